The first-order valence-electron chi connectivity index (χ1n) is 7.83. The molecule has 0 heterocycles. The molecule has 5 nitrogen and oxygen atoms in total. The van der Waals surface area contributed by atoms with Crippen molar-refractivity contribution < 1.29 is 14.7 Å². The molecule has 1 aliphatic rings. The van der Waals surface area contributed by atoms with Crippen LogP contribution < -0.4 is 5.32 Å². The fourth-order valence-corrected chi connectivity index (χ4v) is 3.04. The van der Waals surface area contributed by atoms with Crippen molar-refractivity contribution in [2.75, 3.05) is 6.54 Å². The lowest BCUT2D eigenvalue weighted by molar-refractivity contribution is -0.142. The summed E-state index contributed by atoms with van der Waals surface area (Å²) in [6, 6.07) is 0.414. The van der Waals surface area contributed by atoms with Crippen molar-refractivity contribution in [3.05, 3.63) is 0 Å². The normalized spacial score (nSPS) is 22.6. The molecule has 2 amide bonds. The average Bonchev–Trinajstić information content (AvgIpc) is 2.44. The Bertz CT molecular complexity index is 321. The summed E-state index contributed by atoms with van der Waals surface area (Å²) in [4.78, 5) is 25.1. The molecule has 0 aromatic heterocycles. The van der Waals surface area contributed by atoms with Crippen LogP contribution in [0.4, 0.5) is 4.79 Å². The Hall–Kier alpha value is -1.26. The summed E-state index contributed by atoms with van der Waals surface area (Å²) in [5.41, 5.74) is 0. The SMILES string of the molecule is CCC(CC)N(CC)C(=O)NC1CCC(C(=O)O)CC1. The number of carboxylic acids is 1. The predicted molar refractivity (Wildman–Crippen MR) is 78.7 cm³/mol. The molecule has 0 saturated heterocycles. The van der Waals surface area contributed by atoms with Gasteiger partial charge in [0, 0.05) is 18.6 Å². The number of nitrogens with one attached hydrogen (secondary N) is 1. The third-order valence-electron chi connectivity index (χ3n) is 4.39. The number of carbonyl (C=O) groups is 2. The van der Waals surface area contributed by atoms with E-state index in [-0.39, 0.29) is 24.0 Å². The molecule has 1 aliphatic carbocycles. The van der Waals surface area contributed by atoms with E-state index >= 15 is 0 Å². The summed E-state index contributed by atoms with van der Waals surface area (Å²) in [7, 11) is 0. The molecular weight excluding hydrogens is 256 g/mol. The van der Waals surface area contributed by atoms with Crippen molar-refractivity contribution in [3.8, 4) is 0 Å². The molecule has 0 aromatic carbocycles. The smallest absolute Gasteiger partial charge is 0.317 e. The molecule has 0 radical (unpaired) electrons. The minimum atomic E-state index is -0.706. The van der Waals surface area contributed by atoms with E-state index < -0.39 is 5.97 Å². The van der Waals surface area contributed by atoms with Crippen LogP contribution in [0, 0.1) is 5.92 Å². The second-order valence-corrected chi connectivity index (χ2v) is 5.59. The minimum absolute atomic E-state index is 0.0000231. The van der Waals surface area contributed by atoms with Gasteiger partial charge < -0.3 is 15.3 Å². The van der Waals surface area contributed by atoms with Crippen LogP contribution in [0.3, 0.4) is 0 Å². The number of nitrogens with zero attached hydrogens (tertiary/aromatic N) is 1. The van der Waals surface area contributed by atoms with Gasteiger partial charge in [-0.05, 0) is 45.4 Å². The van der Waals surface area contributed by atoms with Gasteiger partial charge in [-0.25, -0.2) is 4.79 Å². The first kappa shape index (κ1) is 16.8. The summed E-state index contributed by atoms with van der Waals surface area (Å²) in [5.74, 6) is -0.938. The molecule has 20 heavy (non-hydrogen) atoms. The second kappa shape index (κ2) is 8.12. The molecular formula is C15H28N2O3. The zero-order chi connectivity index (χ0) is 15.1. The largest absolute Gasteiger partial charge is 0.481 e. The lowest BCUT2D eigenvalue weighted by Gasteiger charge is -2.33. The monoisotopic (exact) mass is 284 g/mol. The Morgan fingerprint density at radius 3 is 2.10 bits per heavy atom. The van der Waals surface area contributed by atoms with Crippen LogP contribution in [0.25, 0.3) is 0 Å². The first-order chi connectivity index (χ1) is 9.53. The Balaban J connectivity index is 2.47. The highest BCUT2D eigenvalue weighted by Gasteiger charge is 2.28. The molecule has 0 atom stereocenters. The molecule has 0 aromatic rings. The van der Waals surface area contributed by atoms with E-state index in [0.717, 1.165) is 25.7 Å². The van der Waals surface area contributed by atoms with Crippen molar-refractivity contribution in [1.82, 2.24) is 10.2 Å². The topological polar surface area (TPSA) is 69.6 Å². The molecule has 1 rings (SSSR count). The van der Waals surface area contributed by atoms with Crippen molar-refractivity contribution in [2.24, 2.45) is 5.92 Å². The van der Waals surface area contributed by atoms with Gasteiger partial charge >= 0.3 is 12.0 Å². The number of hydrogen-bond acceptors (Lipinski definition) is 2. The summed E-state index contributed by atoms with van der Waals surface area (Å²) in [6.45, 7) is 6.91. The maximum atomic E-state index is 12.3. The van der Waals surface area contributed by atoms with E-state index in [0.29, 0.717) is 19.4 Å². The molecule has 0 aliphatic heterocycles. The van der Waals surface area contributed by atoms with Gasteiger partial charge in [0.2, 0.25) is 0 Å². The zero-order valence-corrected chi connectivity index (χ0v) is 12.9. The molecule has 2 N–H and O–H groups in total. The number of rotatable bonds is 6. The summed E-state index contributed by atoms with van der Waals surface area (Å²) >= 11 is 0. The fraction of sp³-hybridized carbons (Fsp3) is 0.867. The lowest BCUT2D eigenvalue weighted by atomic mass is 9.86. The van der Waals surface area contributed by atoms with Crippen molar-refractivity contribution in [1.29, 1.82) is 0 Å². The molecule has 5 heteroatoms. The number of amides is 2. The van der Waals surface area contributed by atoms with Gasteiger partial charge in [0.25, 0.3) is 0 Å². The van der Waals surface area contributed by atoms with E-state index in [4.69, 9.17) is 5.11 Å². The number of carboxylic acid groups (broad SMARTS) is 1. The Labute approximate surface area is 121 Å². The average molecular weight is 284 g/mol. The zero-order valence-electron chi connectivity index (χ0n) is 12.9. The minimum Gasteiger partial charge on any atom is -0.481 e. The molecule has 116 valence electrons. The molecule has 1 saturated carbocycles. The third kappa shape index (κ3) is 4.39. The fourth-order valence-electron chi connectivity index (χ4n) is 3.04. The number of carbonyl (C=O) groups excluding carboxylic acids is 1. The van der Waals surface area contributed by atoms with Crippen LogP contribution in [-0.4, -0.2) is 40.6 Å². The van der Waals surface area contributed by atoms with Crippen LogP contribution in [-0.2, 0) is 4.79 Å². The molecule has 0 unspecified atom stereocenters. The molecule has 0 spiro atoms. The summed E-state index contributed by atoms with van der Waals surface area (Å²) < 4.78 is 0. The van der Waals surface area contributed by atoms with Gasteiger partial charge in [0.05, 0.1) is 5.92 Å². The number of hydrogen-bond donors (Lipinski definition) is 2. The Kier molecular flexibility index (Phi) is 6.82. The van der Waals surface area contributed by atoms with Gasteiger partial charge in [0.15, 0.2) is 0 Å². The van der Waals surface area contributed by atoms with Gasteiger partial charge in [-0.15, -0.1) is 0 Å². The summed E-state index contributed by atoms with van der Waals surface area (Å²) in [5, 5.41) is 12.0. The second-order valence-electron chi connectivity index (χ2n) is 5.59. The Morgan fingerprint density at radius 1 is 1.15 bits per heavy atom. The van der Waals surface area contributed by atoms with Crippen LogP contribution in [0.2, 0.25) is 0 Å². The van der Waals surface area contributed by atoms with Gasteiger partial charge in [0.1, 0.15) is 0 Å². The quantitative estimate of drug-likeness (QED) is 0.788. The standard InChI is InChI=1S/C15H28N2O3/c1-4-13(5-2)17(6-3)15(20)16-12-9-7-11(8-10-12)14(18)19/h11-13H,4-10H2,1-3H3,(H,16,20)(H,18,19). The van der Waals surface area contributed by atoms with Crippen molar-refractivity contribution >= 4 is 12.0 Å². The van der Waals surface area contributed by atoms with Crippen LogP contribution in [0.15, 0.2) is 0 Å². The van der Waals surface area contributed by atoms with E-state index in [1.165, 1.54) is 0 Å². The van der Waals surface area contributed by atoms with Crippen molar-refractivity contribution in [2.45, 2.75) is 71.4 Å². The summed E-state index contributed by atoms with van der Waals surface area (Å²) in [6.07, 6.45) is 4.79. The van der Waals surface area contributed by atoms with Gasteiger partial charge in [-0.3, -0.25) is 4.79 Å². The molecule has 1 fully saturated rings. The maximum absolute atomic E-state index is 12.3. The highest BCUT2D eigenvalue weighted by molar-refractivity contribution is 5.75. The molecule has 0 bridgehead atoms. The predicted octanol–water partition coefficient (Wildman–Crippen LogP) is 2.85. The van der Waals surface area contributed by atoms with Gasteiger partial charge in [-0.2, -0.15) is 0 Å². The van der Waals surface area contributed by atoms with E-state index in [2.05, 4.69) is 19.2 Å². The van der Waals surface area contributed by atoms with Crippen LogP contribution in [0.5, 0.6) is 0 Å². The Morgan fingerprint density at radius 2 is 1.70 bits per heavy atom. The maximum Gasteiger partial charge on any atom is 0.317 e. The van der Waals surface area contributed by atoms with E-state index in [1.54, 1.807) is 0 Å². The lowest BCUT2D eigenvalue weighted by Crippen LogP contribution is -2.49. The third-order valence-corrected chi connectivity index (χ3v) is 4.39. The number of aliphatic carboxylic acids is 1. The van der Waals surface area contributed by atoms with Crippen LogP contribution in [0.1, 0.15) is 59.3 Å². The van der Waals surface area contributed by atoms with Crippen molar-refractivity contribution in [3.63, 3.8) is 0 Å². The van der Waals surface area contributed by atoms with Gasteiger partial charge in [-0.1, -0.05) is 13.8 Å². The first-order valence-corrected chi connectivity index (χ1v) is 7.83. The number of urea groups is 1. The van der Waals surface area contributed by atoms with E-state index in [9.17, 15) is 9.59 Å². The highest BCUT2D eigenvalue weighted by Crippen LogP contribution is 2.24. The van der Waals surface area contributed by atoms with Crippen LogP contribution >= 0.6 is 0 Å². The van der Waals surface area contributed by atoms with E-state index in [1.807, 2.05) is 11.8 Å². The highest BCUT2D eigenvalue weighted by atomic mass is 16.4.